The SMILES string of the molecule is CCn1cc(CN2CCCC(N3CCc4cc(OC)c(OC)cc4C3)C2)c(C)n1. The minimum Gasteiger partial charge on any atom is -0.493 e. The summed E-state index contributed by atoms with van der Waals surface area (Å²) in [5.74, 6) is 1.67. The van der Waals surface area contributed by atoms with Gasteiger partial charge in [0.1, 0.15) is 0 Å². The first-order valence-electron chi connectivity index (χ1n) is 10.8. The lowest BCUT2D eigenvalue weighted by Gasteiger charge is -2.41. The molecule has 2 aliphatic heterocycles. The number of fused-ring (bicyclic) bond motifs is 1. The van der Waals surface area contributed by atoms with Crippen LogP contribution in [0.3, 0.4) is 0 Å². The van der Waals surface area contributed by atoms with Crippen LogP contribution in [0.5, 0.6) is 11.5 Å². The van der Waals surface area contributed by atoms with Crippen molar-refractivity contribution in [2.75, 3.05) is 33.9 Å². The van der Waals surface area contributed by atoms with Crippen molar-refractivity contribution >= 4 is 0 Å². The second-order valence-corrected chi connectivity index (χ2v) is 8.32. The summed E-state index contributed by atoms with van der Waals surface area (Å²) >= 11 is 0. The van der Waals surface area contributed by atoms with Gasteiger partial charge in [-0.05, 0) is 62.9 Å². The van der Waals surface area contributed by atoms with Gasteiger partial charge in [0, 0.05) is 50.5 Å². The lowest BCUT2D eigenvalue weighted by Crippen LogP contribution is -2.49. The maximum atomic E-state index is 5.53. The van der Waals surface area contributed by atoms with Crippen molar-refractivity contribution in [3.05, 3.63) is 40.7 Å². The molecule has 2 aliphatic rings. The van der Waals surface area contributed by atoms with Crippen molar-refractivity contribution in [3.8, 4) is 11.5 Å². The summed E-state index contributed by atoms with van der Waals surface area (Å²) in [6, 6.07) is 4.95. The Kier molecular flexibility index (Phi) is 6.11. The molecule has 1 saturated heterocycles. The summed E-state index contributed by atoms with van der Waals surface area (Å²) in [4.78, 5) is 5.28. The van der Waals surface area contributed by atoms with Crippen molar-refractivity contribution in [2.45, 2.75) is 58.8 Å². The Hall–Kier alpha value is -2.05. The molecule has 1 unspecified atom stereocenters. The summed E-state index contributed by atoms with van der Waals surface area (Å²) in [6.45, 7) is 10.7. The molecular weight excluding hydrogens is 364 g/mol. The van der Waals surface area contributed by atoms with Gasteiger partial charge in [0.05, 0.1) is 19.9 Å². The minimum absolute atomic E-state index is 0.617. The van der Waals surface area contributed by atoms with E-state index in [1.807, 2.05) is 0 Å². The zero-order chi connectivity index (χ0) is 20.4. The van der Waals surface area contributed by atoms with Crippen LogP contribution < -0.4 is 9.47 Å². The van der Waals surface area contributed by atoms with Crippen LogP contribution in [0.25, 0.3) is 0 Å². The van der Waals surface area contributed by atoms with Crippen LogP contribution in [0.1, 0.15) is 42.1 Å². The zero-order valence-electron chi connectivity index (χ0n) is 18.3. The van der Waals surface area contributed by atoms with E-state index in [0.29, 0.717) is 6.04 Å². The first kappa shape index (κ1) is 20.2. The molecule has 1 aromatic heterocycles. The quantitative estimate of drug-likeness (QED) is 0.747. The van der Waals surface area contributed by atoms with Crippen LogP contribution in [0.4, 0.5) is 0 Å². The molecule has 0 spiro atoms. The van der Waals surface area contributed by atoms with Crippen LogP contribution in [0.15, 0.2) is 18.3 Å². The number of aryl methyl sites for hydroxylation is 2. The van der Waals surface area contributed by atoms with Gasteiger partial charge in [0.25, 0.3) is 0 Å². The zero-order valence-corrected chi connectivity index (χ0v) is 18.3. The predicted molar refractivity (Wildman–Crippen MR) is 115 cm³/mol. The van der Waals surface area contributed by atoms with E-state index < -0.39 is 0 Å². The fraction of sp³-hybridized carbons (Fsp3) is 0.609. The van der Waals surface area contributed by atoms with E-state index in [4.69, 9.17) is 9.47 Å². The van der Waals surface area contributed by atoms with E-state index in [9.17, 15) is 0 Å². The average Bonchev–Trinajstić information content (AvgIpc) is 3.11. The number of nitrogens with zero attached hydrogens (tertiary/aromatic N) is 4. The average molecular weight is 399 g/mol. The Morgan fingerprint density at radius 2 is 1.86 bits per heavy atom. The first-order valence-corrected chi connectivity index (χ1v) is 10.8. The lowest BCUT2D eigenvalue weighted by molar-refractivity contribution is 0.0836. The standard InChI is InChI=1S/C23H34N4O2/c1-5-27-15-20(17(2)24-27)13-25-9-6-7-21(16-25)26-10-8-18-11-22(28-3)23(29-4)12-19(18)14-26/h11-12,15,21H,5-10,13-14,16H2,1-4H3. The molecule has 0 aliphatic carbocycles. The van der Waals surface area contributed by atoms with Crippen LogP contribution in [-0.4, -0.2) is 59.5 Å². The van der Waals surface area contributed by atoms with E-state index >= 15 is 0 Å². The third-order valence-electron chi connectivity index (χ3n) is 6.51. The van der Waals surface area contributed by atoms with E-state index in [0.717, 1.165) is 50.6 Å². The highest BCUT2D eigenvalue weighted by molar-refractivity contribution is 5.48. The van der Waals surface area contributed by atoms with Gasteiger partial charge in [-0.2, -0.15) is 5.10 Å². The summed E-state index contributed by atoms with van der Waals surface area (Å²) < 4.78 is 13.1. The van der Waals surface area contributed by atoms with Gasteiger partial charge in [-0.3, -0.25) is 14.5 Å². The minimum atomic E-state index is 0.617. The van der Waals surface area contributed by atoms with E-state index in [-0.39, 0.29) is 0 Å². The number of likely N-dealkylation sites (tertiary alicyclic amines) is 1. The number of ether oxygens (including phenoxy) is 2. The molecule has 6 nitrogen and oxygen atoms in total. The number of hydrogen-bond donors (Lipinski definition) is 0. The molecule has 3 heterocycles. The Labute approximate surface area is 174 Å². The molecular formula is C23H34N4O2. The maximum absolute atomic E-state index is 5.53. The third kappa shape index (κ3) is 4.28. The number of benzene rings is 1. The fourth-order valence-corrected chi connectivity index (χ4v) is 4.81. The van der Waals surface area contributed by atoms with Gasteiger partial charge < -0.3 is 9.47 Å². The molecule has 1 aromatic carbocycles. The number of methoxy groups -OCH3 is 2. The molecule has 0 N–H and O–H groups in total. The molecule has 6 heteroatoms. The second kappa shape index (κ2) is 8.76. The lowest BCUT2D eigenvalue weighted by atomic mass is 9.95. The highest BCUT2D eigenvalue weighted by Gasteiger charge is 2.29. The van der Waals surface area contributed by atoms with Crippen LogP contribution in [-0.2, 0) is 26.1 Å². The summed E-state index contributed by atoms with van der Waals surface area (Å²) in [7, 11) is 3.43. The molecule has 1 fully saturated rings. The summed E-state index contributed by atoms with van der Waals surface area (Å²) in [5, 5.41) is 4.62. The van der Waals surface area contributed by atoms with Gasteiger partial charge in [-0.1, -0.05) is 0 Å². The highest BCUT2D eigenvalue weighted by Crippen LogP contribution is 2.34. The molecule has 0 radical (unpaired) electrons. The van der Waals surface area contributed by atoms with Crippen LogP contribution in [0, 0.1) is 6.92 Å². The molecule has 0 bridgehead atoms. The van der Waals surface area contributed by atoms with Gasteiger partial charge in [0.15, 0.2) is 11.5 Å². The van der Waals surface area contributed by atoms with Crippen molar-refractivity contribution in [1.29, 1.82) is 0 Å². The van der Waals surface area contributed by atoms with E-state index in [2.05, 4.69) is 51.8 Å². The van der Waals surface area contributed by atoms with Gasteiger partial charge in [-0.25, -0.2) is 0 Å². The molecule has 0 saturated carbocycles. The normalized spacial score (nSPS) is 20.5. The fourth-order valence-electron chi connectivity index (χ4n) is 4.81. The van der Waals surface area contributed by atoms with E-state index in [1.54, 1.807) is 14.2 Å². The molecule has 2 aromatic rings. The number of rotatable bonds is 6. The Bertz CT molecular complexity index is 848. The van der Waals surface area contributed by atoms with E-state index in [1.165, 1.54) is 41.8 Å². The maximum Gasteiger partial charge on any atom is 0.161 e. The first-order chi connectivity index (χ1) is 14.1. The number of piperidine rings is 1. The van der Waals surface area contributed by atoms with Crippen molar-refractivity contribution in [2.24, 2.45) is 0 Å². The van der Waals surface area contributed by atoms with Crippen molar-refractivity contribution in [3.63, 3.8) is 0 Å². The summed E-state index contributed by atoms with van der Waals surface area (Å²) in [6.07, 6.45) is 5.84. The Balaban J connectivity index is 1.43. The molecule has 4 rings (SSSR count). The molecule has 158 valence electrons. The monoisotopic (exact) mass is 398 g/mol. The summed E-state index contributed by atoms with van der Waals surface area (Å²) in [5.41, 5.74) is 5.32. The van der Waals surface area contributed by atoms with Gasteiger partial charge >= 0.3 is 0 Å². The largest absolute Gasteiger partial charge is 0.493 e. The van der Waals surface area contributed by atoms with Gasteiger partial charge in [-0.15, -0.1) is 0 Å². The Morgan fingerprint density at radius 1 is 1.10 bits per heavy atom. The molecule has 0 amide bonds. The van der Waals surface area contributed by atoms with Crippen LogP contribution in [0.2, 0.25) is 0 Å². The van der Waals surface area contributed by atoms with Crippen molar-refractivity contribution < 1.29 is 9.47 Å². The van der Waals surface area contributed by atoms with Gasteiger partial charge in [0.2, 0.25) is 0 Å². The predicted octanol–water partition coefficient (Wildman–Crippen LogP) is 3.25. The highest BCUT2D eigenvalue weighted by atomic mass is 16.5. The van der Waals surface area contributed by atoms with Crippen molar-refractivity contribution in [1.82, 2.24) is 19.6 Å². The Morgan fingerprint density at radius 3 is 2.55 bits per heavy atom. The topological polar surface area (TPSA) is 42.8 Å². The second-order valence-electron chi connectivity index (χ2n) is 8.32. The smallest absolute Gasteiger partial charge is 0.161 e. The third-order valence-corrected chi connectivity index (χ3v) is 6.51. The number of hydrogen-bond acceptors (Lipinski definition) is 5. The molecule has 29 heavy (non-hydrogen) atoms. The van der Waals surface area contributed by atoms with Crippen LogP contribution >= 0.6 is 0 Å². The number of aromatic nitrogens is 2. The molecule has 1 atom stereocenters.